The smallest absolute Gasteiger partial charge is 0.354 e. The number of rotatable bonds is 4. The van der Waals surface area contributed by atoms with Crippen molar-refractivity contribution in [2.75, 3.05) is 14.1 Å². The van der Waals surface area contributed by atoms with E-state index in [4.69, 9.17) is 5.11 Å². The Kier molecular flexibility index (Phi) is 3.72. The largest absolute Gasteiger partial charge is 0.477 e. The molecule has 0 fully saturated rings. The first-order chi connectivity index (χ1) is 7.80. The van der Waals surface area contributed by atoms with E-state index in [1.807, 2.05) is 0 Å². The van der Waals surface area contributed by atoms with E-state index in [0.29, 0.717) is 4.90 Å². The van der Waals surface area contributed by atoms with Crippen LogP contribution in [0.3, 0.4) is 0 Å². The first kappa shape index (κ1) is 13.4. The van der Waals surface area contributed by atoms with Crippen molar-refractivity contribution in [1.82, 2.24) is 9.88 Å². The maximum Gasteiger partial charge on any atom is 0.354 e. The van der Waals surface area contributed by atoms with Gasteiger partial charge in [-0.05, 0) is 26.2 Å². The van der Waals surface area contributed by atoms with E-state index in [1.165, 1.54) is 0 Å². The first-order valence-electron chi connectivity index (χ1n) is 4.64. The molecule has 0 aromatic carbocycles. The number of carboxylic acids is 1. The molecule has 94 valence electrons. The fourth-order valence-corrected chi connectivity index (χ4v) is 1.34. The Morgan fingerprint density at radius 1 is 1.53 bits per heavy atom. The summed E-state index contributed by atoms with van der Waals surface area (Å²) >= 11 is 0. The normalized spacial score (nSPS) is 15.0. The molecular weight excluding hydrogens is 237 g/mol. The number of aromatic carboxylic acids is 1. The van der Waals surface area contributed by atoms with Crippen LogP contribution in [0, 0.1) is 0 Å². The minimum absolute atomic E-state index is 0.440. The van der Waals surface area contributed by atoms with Crippen molar-refractivity contribution in [3.63, 3.8) is 0 Å². The Labute approximate surface area is 95.7 Å². The van der Waals surface area contributed by atoms with Crippen molar-refractivity contribution in [2.24, 2.45) is 0 Å². The zero-order chi connectivity index (χ0) is 13.2. The summed E-state index contributed by atoms with van der Waals surface area (Å²) in [6.07, 6.45) is -2.32. The molecule has 7 heteroatoms. The fourth-order valence-electron chi connectivity index (χ4n) is 1.34. The number of carboxylic acid groups (broad SMARTS) is 1. The predicted molar refractivity (Wildman–Crippen MR) is 53.7 cm³/mol. The second-order valence-electron chi connectivity index (χ2n) is 3.60. The number of carbonyl (C=O) groups is 1. The van der Waals surface area contributed by atoms with E-state index in [0.717, 1.165) is 32.4 Å². The van der Waals surface area contributed by atoms with Crippen LogP contribution in [0.4, 0.5) is 13.2 Å². The molecule has 0 aliphatic rings. The van der Waals surface area contributed by atoms with E-state index in [1.54, 1.807) is 0 Å². The molecule has 1 N–H and O–H groups in total. The zero-order valence-corrected chi connectivity index (χ0v) is 9.19. The molecule has 1 unspecified atom stereocenters. The molecule has 0 amide bonds. The van der Waals surface area contributed by atoms with Crippen LogP contribution < -0.4 is 0 Å². The molecule has 1 rings (SSSR count). The number of hydrogen-bond acceptors (Lipinski definition) is 3. The van der Waals surface area contributed by atoms with Crippen molar-refractivity contribution in [1.29, 1.82) is 0 Å². The van der Waals surface area contributed by atoms with Gasteiger partial charge in [0.2, 0.25) is 5.79 Å². The van der Waals surface area contributed by atoms with Crippen molar-refractivity contribution in [3.05, 3.63) is 29.6 Å². The molecule has 1 aromatic heterocycles. The molecule has 1 aromatic rings. The second kappa shape index (κ2) is 4.70. The van der Waals surface area contributed by atoms with E-state index in [-0.39, 0.29) is 0 Å². The highest BCUT2D eigenvalue weighted by molar-refractivity contribution is 5.85. The number of hydrogen-bond donors (Lipinski definition) is 1. The van der Waals surface area contributed by atoms with Crippen LogP contribution in [-0.2, 0) is 5.79 Å². The summed E-state index contributed by atoms with van der Waals surface area (Å²) in [6.45, 7) is 0. The fraction of sp³-hybridized carbons (Fsp3) is 0.400. The van der Waals surface area contributed by atoms with Crippen LogP contribution in [0.1, 0.15) is 16.1 Å². The van der Waals surface area contributed by atoms with Crippen LogP contribution in [0.2, 0.25) is 0 Å². The Hall–Kier alpha value is -1.63. The summed E-state index contributed by atoms with van der Waals surface area (Å²) in [6, 6.07) is 1.83. The molecule has 4 nitrogen and oxygen atoms in total. The monoisotopic (exact) mass is 248 g/mol. The summed E-state index contributed by atoms with van der Waals surface area (Å²) < 4.78 is 39.7. The summed E-state index contributed by atoms with van der Waals surface area (Å²) in [5.74, 6) is -4.44. The van der Waals surface area contributed by atoms with E-state index in [9.17, 15) is 18.0 Å². The van der Waals surface area contributed by atoms with Crippen LogP contribution in [0.15, 0.2) is 18.3 Å². The molecule has 0 saturated heterocycles. The molecule has 0 aliphatic carbocycles. The Bertz CT molecular complexity index is 416. The standard InChI is InChI=1S/C10H11F3N2O2/c1-15(2)10(13,9(11)12)6-3-4-14-7(5-6)8(16)17/h3-5,9H,1-2H3,(H,16,17). The zero-order valence-electron chi connectivity index (χ0n) is 9.19. The highest BCUT2D eigenvalue weighted by atomic mass is 19.3. The molecule has 1 atom stereocenters. The maximum absolute atomic E-state index is 14.2. The van der Waals surface area contributed by atoms with Crippen molar-refractivity contribution in [3.8, 4) is 0 Å². The molecule has 17 heavy (non-hydrogen) atoms. The summed E-state index contributed by atoms with van der Waals surface area (Å²) in [4.78, 5) is 14.8. The van der Waals surface area contributed by atoms with Crippen LogP contribution >= 0.6 is 0 Å². The van der Waals surface area contributed by atoms with Gasteiger partial charge in [-0.3, -0.25) is 4.90 Å². The third kappa shape index (κ3) is 2.38. The van der Waals surface area contributed by atoms with Gasteiger partial charge in [-0.25, -0.2) is 22.9 Å². The number of nitrogens with zero attached hydrogens (tertiary/aromatic N) is 2. The van der Waals surface area contributed by atoms with Crippen LogP contribution in [0.5, 0.6) is 0 Å². The molecule has 0 bridgehead atoms. The predicted octanol–water partition coefficient (Wildman–Crippen LogP) is 1.73. The van der Waals surface area contributed by atoms with Gasteiger partial charge in [0.1, 0.15) is 5.69 Å². The van der Waals surface area contributed by atoms with Gasteiger partial charge in [0, 0.05) is 11.8 Å². The SMILES string of the molecule is CN(C)C(F)(c1ccnc(C(=O)O)c1)C(F)F. The van der Waals surface area contributed by atoms with Crippen molar-refractivity contribution >= 4 is 5.97 Å². The van der Waals surface area contributed by atoms with Gasteiger partial charge in [-0.2, -0.15) is 0 Å². The molecular formula is C10H11F3N2O2. The quantitative estimate of drug-likeness (QED) is 0.824. The van der Waals surface area contributed by atoms with Crippen LogP contribution in [0.25, 0.3) is 0 Å². The summed E-state index contributed by atoms with van der Waals surface area (Å²) in [5, 5.41) is 8.67. The second-order valence-corrected chi connectivity index (χ2v) is 3.60. The molecule has 0 saturated carbocycles. The lowest BCUT2D eigenvalue weighted by atomic mass is 10.0. The molecule has 0 aliphatic heterocycles. The maximum atomic E-state index is 14.2. The lowest BCUT2D eigenvalue weighted by Gasteiger charge is -2.31. The minimum atomic E-state index is -3.30. The van der Waals surface area contributed by atoms with E-state index < -0.39 is 29.4 Å². The van der Waals surface area contributed by atoms with Crippen molar-refractivity contribution < 1.29 is 23.1 Å². The number of aromatic nitrogens is 1. The Balaban J connectivity index is 3.29. The molecule has 1 heterocycles. The van der Waals surface area contributed by atoms with Gasteiger partial charge >= 0.3 is 5.97 Å². The highest BCUT2D eigenvalue weighted by Gasteiger charge is 2.45. The third-order valence-corrected chi connectivity index (χ3v) is 2.32. The minimum Gasteiger partial charge on any atom is -0.477 e. The number of alkyl halides is 3. The van der Waals surface area contributed by atoms with Gasteiger partial charge in [-0.1, -0.05) is 0 Å². The Morgan fingerprint density at radius 3 is 2.53 bits per heavy atom. The highest BCUT2D eigenvalue weighted by Crippen LogP contribution is 2.34. The topological polar surface area (TPSA) is 53.4 Å². The Morgan fingerprint density at radius 2 is 2.12 bits per heavy atom. The lowest BCUT2D eigenvalue weighted by molar-refractivity contribution is -0.129. The first-order valence-corrected chi connectivity index (χ1v) is 4.64. The average molecular weight is 248 g/mol. The number of halogens is 3. The van der Waals surface area contributed by atoms with Gasteiger partial charge < -0.3 is 5.11 Å². The number of pyridine rings is 1. The van der Waals surface area contributed by atoms with Crippen molar-refractivity contribution in [2.45, 2.75) is 12.2 Å². The van der Waals surface area contributed by atoms with Gasteiger partial charge in [0.05, 0.1) is 0 Å². The van der Waals surface area contributed by atoms with Gasteiger partial charge in [0.25, 0.3) is 6.43 Å². The molecule has 0 radical (unpaired) electrons. The van der Waals surface area contributed by atoms with Gasteiger partial charge in [-0.15, -0.1) is 0 Å². The van der Waals surface area contributed by atoms with Gasteiger partial charge in [0.15, 0.2) is 0 Å². The summed E-state index contributed by atoms with van der Waals surface area (Å²) in [7, 11) is 2.29. The lowest BCUT2D eigenvalue weighted by Crippen LogP contribution is -2.43. The molecule has 0 spiro atoms. The average Bonchev–Trinajstić information content (AvgIpc) is 2.27. The van der Waals surface area contributed by atoms with Crippen LogP contribution in [-0.4, -0.2) is 41.5 Å². The van der Waals surface area contributed by atoms with E-state index in [2.05, 4.69) is 4.98 Å². The van der Waals surface area contributed by atoms with E-state index >= 15 is 0 Å². The summed E-state index contributed by atoms with van der Waals surface area (Å²) in [5.41, 5.74) is -0.920. The third-order valence-electron chi connectivity index (χ3n) is 2.32.